The normalized spacial score (nSPS) is 7.92. The van der Waals surface area contributed by atoms with Crippen LogP contribution in [0.15, 0.2) is 36.7 Å². The molecule has 0 aromatic carbocycles. The molecule has 25 heavy (non-hydrogen) atoms. The Morgan fingerprint density at radius 1 is 0.800 bits per heavy atom. The Hall–Kier alpha value is -0.352. The van der Waals surface area contributed by atoms with E-state index in [0.29, 0.717) is 11.2 Å². The molecule has 0 fully saturated rings. The van der Waals surface area contributed by atoms with E-state index in [1.165, 1.54) is 11.1 Å². The van der Waals surface area contributed by atoms with Crippen LogP contribution in [0.4, 0.5) is 0 Å². The quantitative estimate of drug-likeness (QED) is 0.280. The Morgan fingerprint density at radius 2 is 1.08 bits per heavy atom. The van der Waals surface area contributed by atoms with E-state index in [2.05, 4.69) is 74.7 Å². The third kappa shape index (κ3) is 19.8. The first-order valence-corrected chi connectivity index (χ1v) is 19.1. The largest absolute Gasteiger partial charge is 0.577 e. The fourth-order valence-corrected chi connectivity index (χ4v) is 1.42. The summed E-state index contributed by atoms with van der Waals surface area (Å²) >= 11 is 5.22. The molecule has 0 aliphatic carbocycles. The standard InChI is InChI=1S/2C8H11N.2HI.Mo.2NO/c2*1-3-8-5-4-7(2)9-6-8;;;;2*1-2/h2*4-6H,3H2,1-2H3;2*1H;;;/q;;;;+2;2*-1/p-2. The van der Waals surface area contributed by atoms with Gasteiger partial charge in [0.2, 0.25) is 0 Å². The molecule has 0 aliphatic rings. The zero-order valence-electron chi connectivity index (χ0n) is 14.6. The van der Waals surface area contributed by atoms with Crippen LogP contribution < -0.4 is 0 Å². The molecule has 0 saturated carbocycles. The van der Waals surface area contributed by atoms with Gasteiger partial charge in [0.15, 0.2) is 0 Å². The molecule has 0 unspecified atom stereocenters. The van der Waals surface area contributed by atoms with Gasteiger partial charge in [-0.15, -0.1) is 0 Å². The molecule has 9 heteroatoms. The van der Waals surface area contributed by atoms with Gasteiger partial charge in [-0.3, -0.25) is 9.97 Å². The topological polar surface area (TPSA) is 105 Å². The number of aryl methyl sites for hydroxylation is 4. The predicted molar refractivity (Wildman–Crippen MR) is 118 cm³/mol. The third-order valence-corrected chi connectivity index (χ3v) is 2.76. The van der Waals surface area contributed by atoms with Gasteiger partial charge in [-0.05, 0) is 49.9 Å². The Labute approximate surface area is 179 Å². The van der Waals surface area contributed by atoms with Crippen LogP contribution in [0.25, 0.3) is 11.2 Å². The van der Waals surface area contributed by atoms with Gasteiger partial charge in [-0.2, -0.15) is 0 Å². The molecular formula is C16H22I2MoN4O2-2. The predicted octanol–water partition coefficient (Wildman–Crippen LogP) is 6.32. The fraction of sp³-hybridized carbons (Fsp3) is 0.375. The molecular weight excluding hydrogens is 630 g/mol. The number of halogens is 2. The maximum absolute atomic E-state index is 7.25. The summed E-state index contributed by atoms with van der Waals surface area (Å²) in [5, 5.41) is 0. The number of hydrogen-bond donors (Lipinski definition) is 0. The summed E-state index contributed by atoms with van der Waals surface area (Å²) in [5.41, 5.74) is 16.3. The summed E-state index contributed by atoms with van der Waals surface area (Å²) < 4.78 is 0. The molecule has 2 heterocycles. The molecule has 2 rings (SSSR count). The number of nitroso groups, excluding NO2 is 2. The molecule has 0 saturated heterocycles. The van der Waals surface area contributed by atoms with Crippen molar-refractivity contribution in [1.82, 2.24) is 9.97 Å². The zero-order chi connectivity index (χ0) is 20.1. The average molecular weight is 652 g/mol. The molecule has 0 radical (unpaired) electrons. The van der Waals surface area contributed by atoms with Crippen LogP contribution in [0.5, 0.6) is 0 Å². The molecule has 0 spiro atoms. The summed E-state index contributed by atoms with van der Waals surface area (Å²) in [7, 11) is 0. The van der Waals surface area contributed by atoms with Gasteiger partial charge in [0.1, 0.15) is 0 Å². The smallest absolute Gasteiger partial charge is 0.423 e. The summed E-state index contributed by atoms with van der Waals surface area (Å²) in [6.07, 6.45) is 6.01. The van der Waals surface area contributed by atoms with E-state index in [4.69, 9.17) is 21.0 Å². The molecule has 140 valence electrons. The van der Waals surface area contributed by atoms with E-state index in [1.807, 2.05) is 38.4 Å². The fourth-order valence-electron chi connectivity index (χ4n) is 1.42. The van der Waals surface area contributed by atoms with Crippen LogP contribution in [-0.4, -0.2) is 9.97 Å². The average Bonchev–Trinajstić information content (AvgIpc) is 2.67. The van der Waals surface area contributed by atoms with Crippen LogP contribution in [0.1, 0.15) is 36.4 Å². The van der Waals surface area contributed by atoms with Crippen molar-refractivity contribution >= 4 is 38.7 Å². The van der Waals surface area contributed by atoms with Crippen molar-refractivity contribution < 1.29 is 11.2 Å². The third-order valence-electron chi connectivity index (χ3n) is 2.76. The maximum Gasteiger partial charge on any atom is -0.423 e. The van der Waals surface area contributed by atoms with Gasteiger partial charge in [0.25, 0.3) is 0 Å². The molecule has 0 N–H and O–H groups in total. The maximum atomic E-state index is 7.25. The van der Waals surface area contributed by atoms with Crippen LogP contribution in [0.2, 0.25) is 0 Å². The van der Waals surface area contributed by atoms with Crippen molar-refractivity contribution in [3.05, 3.63) is 80.2 Å². The number of rotatable bonds is 2. The van der Waals surface area contributed by atoms with Crippen molar-refractivity contribution in [3.63, 3.8) is 0 Å². The molecule has 0 atom stereocenters. The second kappa shape index (κ2) is 23.6. The molecule has 6 nitrogen and oxygen atoms in total. The van der Waals surface area contributed by atoms with Crippen LogP contribution in [0.3, 0.4) is 0 Å². The van der Waals surface area contributed by atoms with Gasteiger partial charge in [0.05, 0.1) is 0 Å². The minimum atomic E-state index is 0.410. The molecule has 0 aliphatic heterocycles. The van der Waals surface area contributed by atoms with E-state index in [9.17, 15) is 0 Å². The number of aromatic nitrogens is 2. The van der Waals surface area contributed by atoms with E-state index in [1.54, 1.807) is 0 Å². The number of pyridine rings is 2. The van der Waals surface area contributed by atoms with Crippen molar-refractivity contribution in [2.24, 2.45) is 0 Å². The van der Waals surface area contributed by atoms with Gasteiger partial charge in [-0.25, -0.2) is 0 Å². The number of hydrogen-bond acceptors (Lipinski definition) is 4. The molecule has 2 aromatic rings. The van der Waals surface area contributed by atoms with Gasteiger partial charge < -0.3 is 21.0 Å². The Balaban J connectivity index is -0.000000287. The van der Waals surface area contributed by atoms with E-state index in [-0.39, 0.29) is 0 Å². The van der Waals surface area contributed by atoms with Crippen molar-refractivity contribution in [2.75, 3.05) is 0 Å². The van der Waals surface area contributed by atoms with Crippen LogP contribution in [0, 0.1) is 23.7 Å². The Bertz CT molecular complexity index is 469. The first-order chi connectivity index (χ1) is 12.1. The number of nitrogens with zero attached hydrogens (tertiary/aromatic N) is 4. The Kier molecular flexibility index (Phi) is 27.8. The van der Waals surface area contributed by atoms with Crippen molar-refractivity contribution in [3.8, 4) is 0 Å². The van der Waals surface area contributed by atoms with Crippen LogP contribution >= 0.6 is 38.7 Å². The summed E-state index contributed by atoms with van der Waals surface area (Å²) in [6.45, 7) is 8.26. The SMILES string of the molecule is CCc1ccc(C)nc1.CCc1ccc(C)nc1.[I][Mo][I].[N-]=O.[N-]=O. The first kappa shape index (κ1) is 29.4. The Morgan fingerprint density at radius 3 is 1.24 bits per heavy atom. The van der Waals surface area contributed by atoms with Gasteiger partial charge in [-0.1, -0.05) is 26.0 Å². The van der Waals surface area contributed by atoms with Crippen molar-refractivity contribution in [2.45, 2.75) is 40.5 Å². The van der Waals surface area contributed by atoms with Gasteiger partial charge >= 0.3 is 49.9 Å². The van der Waals surface area contributed by atoms with E-state index in [0.717, 1.165) is 24.2 Å². The molecule has 0 amide bonds. The minimum absolute atomic E-state index is 0.410. The van der Waals surface area contributed by atoms with Crippen molar-refractivity contribution in [1.29, 1.82) is 0 Å². The van der Waals surface area contributed by atoms with Crippen LogP contribution in [-0.2, 0) is 24.0 Å². The van der Waals surface area contributed by atoms with E-state index >= 15 is 0 Å². The second-order valence-electron chi connectivity index (χ2n) is 4.38. The monoisotopic (exact) mass is 654 g/mol. The van der Waals surface area contributed by atoms with E-state index < -0.39 is 0 Å². The summed E-state index contributed by atoms with van der Waals surface area (Å²) in [6, 6.07) is 8.31. The van der Waals surface area contributed by atoms with Gasteiger partial charge in [0, 0.05) is 23.8 Å². The minimum Gasteiger partial charge on any atom is -0.577 e. The summed E-state index contributed by atoms with van der Waals surface area (Å²) in [4.78, 5) is 22.8. The summed E-state index contributed by atoms with van der Waals surface area (Å²) in [5.74, 6) is 0. The molecule has 2 aromatic heterocycles. The molecule has 0 bridgehead atoms. The second-order valence-corrected chi connectivity index (χ2v) is 19.8. The zero-order valence-corrected chi connectivity index (χ0v) is 21.0. The first-order valence-electron chi connectivity index (χ1n) is 7.16.